The lowest BCUT2D eigenvalue weighted by molar-refractivity contribution is 0.0945. The summed E-state index contributed by atoms with van der Waals surface area (Å²) in [6.45, 7) is 3.13. The number of ether oxygens (including phenoxy) is 1. The maximum absolute atomic E-state index is 13.4. The first-order chi connectivity index (χ1) is 15.9. The molecule has 9 nitrogen and oxygen atoms in total. The largest absolute Gasteiger partial charge is 0.378 e. The number of aromatic amines is 1. The van der Waals surface area contributed by atoms with Gasteiger partial charge in [-0.3, -0.25) is 14.7 Å². The van der Waals surface area contributed by atoms with Crippen molar-refractivity contribution in [3.63, 3.8) is 0 Å². The molecule has 2 amide bonds. The van der Waals surface area contributed by atoms with Gasteiger partial charge in [-0.2, -0.15) is 5.10 Å². The number of morpholine rings is 1. The molecule has 1 saturated heterocycles. The van der Waals surface area contributed by atoms with Crippen molar-refractivity contribution >= 4 is 47.5 Å². The Morgan fingerprint density at radius 1 is 1.12 bits per heavy atom. The van der Waals surface area contributed by atoms with Crippen molar-refractivity contribution in [2.24, 2.45) is 0 Å². The van der Waals surface area contributed by atoms with Gasteiger partial charge in [-0.25, -0.2) is 13.8 Å². The Balaban J connectivity index is 0.00000324. The van der Waals surface area contributed by atoms with Gasteiger partial charge in [0.2, 0.25) is 0 Å². The average molecular weight is 513 g/mol. The first-order valence-electron chi connectivity index (χ1n) is 9.98. The molecule has 0 aliphatic carbocycles. The van der Waals surface area contributed by atoms with Crippen molar-refractivity contribution in [2.45, 2.75) is 6.54 Å². The Bertz CT molecular complexity index is 1170. The number of halogens is 4. The van der Waals surface area contributed by atoms with E-state index in [1.165, 1.54) is 6.07 Å². The summed E-state index contributed by atoms with van der Waals surface area (Å²) in [6, 6.07) is 6.46. The third kappa shape index (κ3) is 5.99. The molecule has 4 rings (SSSR count). The summed E-state index contributed by atoms with van der Waals surface area (Å²) < 4.78 is 31.9. The van der Waals surface area contributed by atoms with Crippen LogP contribution in [0.5, 0.6) is 0 Å². The van der Waals surface area contributed by atoms with Gasteiger partial charge >= 0.3 is 0 Å². The lowest BCUT2D eigenvalue weighted by atomic mass is 10.2. The molecule has 0 radical (unpaired) electrons. The van der Waals surface area contributed by atoms with Crippen LogP contribution in [0.25, 0.3) is 0 Å². The maximum atomic E-state index is 13.4. The highest BCUT2D eigenvalue weighted by molar-refractivity contribution is 6.34. The van der Waals surface area contributed by atoms with Crippen LogP contribution >= 0.6 is 24.0 Å². The van der Waals surface area contributed by atoms with E-state index in [4.69, 9.17) is 16.3 Å². The second kappa shape index (κ2) is 11.2. The minimum absolute atomic E-state index is 0. The molecule has 0 saturated carbocycles. The summed E-state index contributed by atoms with van der Waals surface area (Å²) in [5.74, 6) is -2.76. The first kappa shape index (κ1) is 25.3. The van der Waals surface area contributed by atoms with Gasteiger partial charge in [0.15, 0.2) is 17.5 Å². The van der Waals surface area contributed by atoms with Crippen molar-refractivity contribution in [3.05, 3.63) is 70.0 Å². The maximum Gasteiger partial charge on any atom is 0.269 e. The second-order valence-corrected chi connectivity index (χ2v) is 7.58. The van der Waals surface area contributed by atoms with E-state index in [-0.39, 0.29) is 41.0 Å². The Morgan fingerprint density at radius 2 is 1.85 bits per heavy atom. The van der Waals surface area contributed by atoms with Crippen molar-refractivity contribution in [1.82, 2.24) is 20.5 Å². The monoisotopic (exact) mass is 512 g/mol. The molecule has 1 aliphatic heterocycles. The van der Waals surface area contributed by atoms with E-state index in [0.29, 0.717) is 25.3 Å². The number of H-pyrrole nitrogens is 1. The summed E-state index contributed by atoms with van der Waals surface area (Å²) in [4.78, 5) is 31.2. The van der Waals surface area contributed by atoms with E-state index in [1.807, 2.05) is 12.1 Å². The van der Waals surface area contributed by atoms with Gasteiger partial charge in [0.05, 0.1) is 23.8 Å². The quantitative estimate of drug-likeness (QED) is 0.437. The lowest BCUT2D eigenvalue weighted by Crippen LogP contribution is -2.36. The first-order valence-corrected chi connectivity index (χ1v) is 10.4. The topological polar surface area (TPSA) is 112 Å². The van der Waals surface area contributed by atoms with Crippen LogP contribution in [0, 0.1) is 11.6 Å². The van der Waals surface area contributed by atoms with E-state index < -0.39 is 23.4 Å². The standard InChI is InChI=1S/C21H19ClF2N6O3.ClH/c22-14-8-16(24)15(23)7-13(14)20(31)27-18-9-17(28-29-18)21(32)26-11-12-1-2-19(25-10-12)30-3-5-33-6-4-30;/h1-2,7-10H,3-6,11H2,(H,26,32)(H2,27,28,29,31);1H. The molecule has 3 aromatic rings. The van der Waals surface area contributed by atoms with Crippen LogP contribution in [0.4, 0.5) is 20.4 Å². The van der Waals surface area contributed by atoms with Crippen molar-refractivity contribution in [1.29, 1.82) is 0 Å². The van der Waals surface area contributed by atoms with Gasteiger partial charge in [0, 0.05) is 31.9 Å². The number of aromatic nitrogens is 3. The van der Waals surface area contributed by atoms with E-state index in [0.717, 1.165) is 24.5 Å². The van der Waals surface area contributed by atoms with Crippen molar-refractivity contribution in [3.8, 4) is 0 Å². The van der Waals surface area contributed by atoms with Crippen molar-refractivity contribution < 1.29 is 23.1 Å². The van der Waals surface area contributed by atoms with Crippen LogP contribution in [0.3, 0.4) is 0 Å². The highest BCUT2D eigenvalue weighted by atomic mass is 35.5. The summed E-state index contributed by atoms with van der Waals surface area (Å²) in [6.07, 6.45) is 1.69. The highest BCUT2D eigenvalue weighted by Gasteiger charge is 2.18. The minimum Gasteiger partial charge on any atom is -0.378 e. The molecule has 0 spiro atoms. The van der Waals surface area contributed by atoms with Crippen LogP contribution in [0.1, 0.15) is 26.4 Å². The van der Waals surface area contributed by atoms with Crippen LogP contribution < -0.4 is 15.5 Å². The van der Waals surface area contributed by atoms with Crippen LogP contribution in [0.2, 0.25) is 5.02 Å². The zero-order valence-corrected chi connectivity index (χ0v) is 19.2. The van der Waals surface area contributed by atoms with Crippen molar-refractivity contribution in [2.75, 3.05) is 36.5 Å². The summed E-state index contributed by atoms with van der Waals surface area (Å²) in [7, 11) is 0. The minimum atomic E-state index is -1.21. The number of amides is 2. The summed E-state index contributed by atoms with van der Waals surface area (Å²) in [5.41, 5.74) is 0.638. The van der Waals surface area contributed by atoms with Gasteiger partial charge in [-0.1, -0.05) is 17.7 Å². The summed E-state index contributed by atoms with van der Waals surface area (Å²) in [5, 5.41) is 11.2. The lowest BCUT2D eigenvalue weighted by Gasteiger charge is -2.27. The Kier molecular flexibility index (Phi) is 8.37. The van der Waals surface area contributed by atoms with Gasteiger partial charge in [-0.05, 0) is 23.8 Å². The molecule has 0 unspecified atom stereocenters. The normalized spacial score (nSPS) is 13.2. The molecule has 180 valence electrons. The fraction of sp³-hybridized carbons (Fsp3) is 0.238. The Hall–Kier alpha value is -3.28. The van der Waals surface area contributed by atoms with E-state index >= 15 is 0 Å². The number of hydrogen-bond acceptors (Lipinski definition) is 6. The van der Waals surface area contributed by atoms with Gasteiger partial charge < -0.3 is 20.3 Å². The Labute approximate surface area is 204 Å². The predicted molar refractivity (Wildman–Crippen MR) is 124 cm³/mol. The molecular weight excluding hydrogens is 493 g/mol. The van der Waals surface area contributed by atoms with E-state index in [9.17, 15) is 18.4 Å². The fourth-order valence-corrected chi connectivity index (χ4v) is 3.40. The molecule has 0 atom stereocenters. The summed E-state index contributed by atoms with van der Waals surface area (Å²) >= 11 is 5.80. The molecular formula is C21H20Cl2F2N6O3. The fourth-order valence-electron chi connectivity index (χ4n) is 3.16. The number of carbonyl (C=O) groups is 2. The molecule has 3 N–H and O–H groups in total. The molecule has 1 aromatic carbocycles. The molecule has 1 fully saturated rings. The highest BCUT2D eigenvalue weighted by Crippen LogP contribution is 2.21. The molecule has 0 bridgehead atoms. The number of nitrogens with one attached hydrogen (secondary N) is 3. The zero-order chi connectivity index (χ0) is 23.4. The number of hydrogen-bond donors (Lipinski definition) is 3. The van der Waals surface area contributed by atoms with E-state index in [2.05, 4.69) is 30.7 Å². The number of rotatable bonds is 6. The number of pyridine rings is 1. The number of benzene rings is 1. The smallest absolute Gasteiger partial charge is 0.269 e. The third-order valence-corrected chi connectivity index (χ3v) is 5.23. The molecule has 2 aromatic heterocycles. The van der Waals surface area contributed by atoms with Crippen LogP contribution in [-0.2, 0) is 11.3 Å². The third-order valence-electron chi connectivity index (χ3n) is 4.92. The second-order valence-electron chi connectivity index (χ2n) is 7.17. The average Bonchev–Trinajstić information content (AvgIpc) is 3.29. The zero-order valence-electron chi connectivity index (χ0n) is 17.6. The predicted octanol–water partition coefficient (Wildman–Crippen LogP) is 3.18. The van der Waals surface area contributed by atoms with Gasteiger partial charge in [0.1, 0.15) is 11.5 Å². The van der Waals surface area contributed by atoms with Gasteiger partial charge in [0.25, 0.3) is 11.8 Å². The van der Waals surface area contributed by atoms with Crippen LogP contribution in [0.15, 0.2) is 36.5 Å². The number of carbonyl (C=O) groups excluding carboxylic acids is 2. The molecule has 1 aliphatic rings. The molecule has 3 heterocycles. The van der Waals surface area contributed by atoms with E-state index in [1.54, 1.807) is 6.20 Å². The number of nitrogens with zero attached hydrogens (tertiary/aromatic N) is 3. The SMILES string of the molecule is Cl.O=C(NCc1ccc(N2CCOCC2)nc1)c1cc(NC(=O)c2cc(F)c(F)cc2Cl)n[nH]1. The molecule has 13 heteroatoms. The van der Waals surface area contributed by atoms with Gasteiger partial charge in [-0.15, -0.1) is 12.4 Å². The molecule has 34 heavy (non-hydrogen) atoms. The number of anilines is 2. The Morgan fingerprint density at radius 3 is 2.56 bits per heavy atom. The van der Waals surface area contributed by atoms with Crippen LogP contribution in [-0.4, -0.2) is 53.3 Å².